The summed E-state index contributed by atoms with van der Waals surface area (Å²) in [6.45, 7) is 4.01. The molecule has 30 heavy (non-hydrogen) atoms. The highest BCUT2D eigenvalue weighted by Gasteiger charge is 2.29. The number of carbonyl (C=O) groups excluding carboxylic acids is 3. The number of nitrogens with one attached hydrogen (secondary N) is 2. The number of benzene rings is 2. The van der Waals surface area contributed by atoms with Crippen LogP contribution in [-0.4, -0.2) is 49.4 Å². The van der Waals surface area contributed by atoms with Crippen molar-refractivity contribution in [1.82, 2.24) is 10.2 Å². The molecular weight excluding hydrogens is 386 g/mol. The van der Waals surface area contributed by atoms with Gasteiger partial charge in [-0.2, -0.15) is 0 Å². The number of nitrogens with zero attached hydrogens (tertiary/aromatic N) is 1. The van der Waals surface area contributed by atoms with Crippen molar-refractivity contribution in [3.05, 3.63) is 53.6 Å². The first-order valence-corrected chi connectivity index (χ1v) is 9.62. The molecule has 158 valence electrons. The Bertz CT molecular complexity index is 942. The lowest BCUT2D eigenvalue weighted by molar-refractivity contribution is -0.137. The molecule has 0 aliphatic carbocycles. The molecule has 0 saturated heterocycles. The van der Waals surface area contributed by atoms with Crippen molar-refractivity contribution >= 4 is 23.4 Å². The van der Waals surface area contributed by atoms with Gasteiger partial charge in [-0.3, -0.25) is 14.4 Å². The Morgan fingerprint density at radius 2 is 1.70 bits per heavy atom. The van der Waals surface area contributed by atoms with Crippen LogP contribution in [-0.2, 0) is 14.4 Å². The maximum absolute atomic E-state index is 13.2. The SMILES string of the molecule is CC(=O)NCC(=O)N(C)[C@H](C(=O)Nc1ccc2c(c1)OCCO2)c1ccc(C)cc1. The molecule has 8 nitrogen and oxygen atoms in total. The molecule has 1 heterocycles. The molecule has 0 saturated carbocycles. The highest BCUT2D eigenvalue weighted by Crippen LogP contribution is 2.33. The van der Waals surface area contributed by atoms with Crippen LogP contribution in [0.3, 0.4) is 0 Å². The lowest BCUT2D eigenvalue weighted by Gasteiger charge is -2.28. The summed E-state index contributed by atoms with van der Waals surface area (Å²) in [7, 11) is 1.54. The Balaban J connectivity index is 1.83. The van der Waals surface area contributed by atoms with Gasteiger partial charge in [0.1, 0.15) is 19.3 Å². The third-order valence-electron chi connectivity index (χ3n) is 4.72. The van der Waals surface area contributed by atoms with Crippen LogP contribution in [0.5, 0.6) is 11.5 Å². The summed E-state index contributed by atoms with van der Waals surface area (Å²) >= 11 is 0. The first-order valence-electron chi connectivity index (χ1n) is 9.62. The molecule has 0 spiro atoms. The average Bonchev–Trinajstić information content (AvgIpc) is 2.73. The fraction of sp³-hybridized carbons (Fsp3) is 0.318. The zero-order valence-electron chi connectivity index (χ0n) is 17.2. The Labute approximate surface area is 175 Å². The quantitative estimate of drug-likeness (QED) is 0.758. The molecule has 8 heteroatoms. The third-order valence-corrected chi connectivity index (χ3v) is 4.72. The summed E-state index contributed by atoms with van der Waals surface area (Å²) in [5.41, 5.74) is 2.23. The minimum absolute atomic E-state index is 0.189. The summed E-state index contributed by atoms with van der Waals surface area (Å²) in [6.07, 6.45) is 0. The van der Waals surface area contributed by atoms with Crippen LogP contribution in [0.4, 0.5) is 5.69 Å². The molecule has 3 rings (SSSR count). The van der Waals surface area contributed by atoms with Crippen molar-refractivity contribution in [2.75, 3.05) is 32.1 Å². The zero-order valence-corrected chi connectivity index (χ0v) is 17.2. The standard InChI is InChI=1S/C22H25N3O5/c1-14-4-6-16(7-5-14)21(25(3)20(27)13-23-15(2)26)22(28)24-17-8-9-18-19(12-17)30-11-10-29-18/h4-9,12,21H,10-11,13H2,1-3H3,(H,23,26)(H,24,28)/t21-/m0/s1. The predicted molar refractivity (Wildman–Crippen MR) is 111 cm³/mol. The van der Waals surface area contributed by atoms with E-state index < -0.39 is 6.04 Å². The second-order valence-corrected chi connectivity index (χ2v) is 7.08. The summed E-state index contributed by atoms with van der Waals surface area (Å²) in [5.74, 6) is 0.102. The van der Waals surface area contributed by atoms with Crippen LogP contribution in [0, 0.1) is 6.92 Å². The Kier molecular flexibility index (Phi) is 6.56. The maximum atomic E-state index is 13.2. The van der Waals surface area contributed by atoms with E-state index in [4.69, 9.17) is 9.47 Å². The van der Waals surface area contributed by atoms with Gasteiger partial charge in [0, 0.05) is 25.7 Å². The number of hydrogen-bond acceptors (Lipinski definition) is 5. The van der Waals surface area contributed by atoms with Gasteiger partial charge in [0.25, 0.3) is 5.91 Å². The third kappa shape index (κ3) is 5.08. The normalized spacial score (nSPS) is 13.2. The maximum Gasteiger partial charge on any atom is 0.251 e. The van der Waals surface area contributed by atoms with Crippen molar-refractivity contribution in [2.24, 2.45) is 0 Å². The van der Waals surface area contributed by atoms with Gasteiger partial charge >= 0.3 is 0 Å². The van der Waals surface area contributed by atoms with Crippen molar-refractivity contribution in [3.8, 4) is 11.5 Å². The highest BCUT2D eigenvalue weighted by molar-refractivity contribution is 5.98. The van der Waals surface area contributed by atoms with Gasteiger partial charge in [0.05, 0.1) is 6.54 Å². The van der Waals surface area contributed by atoms with E-state index in [1.807, 2.05) is 31.2 Å². The second kappa shape index (κ2) is 9.30. The summed E-state index contributed by atoms with van der Waals surface area (Å²) in [6, 6.07) is 11.7. The van der Waals surface area contributed by atoms with Crippen LogP contribution in [0.25, 0.3) is 0 Å². The van der Waals surface area contributed by atoms with Crippen LogP contribution >= 0.6 is 0 Å². The Hall–Kier alpha value is -3.55. The average molecular weight is 411 g/mol. The van der Waals surface area contributed by atoms with Gasteiger partial charge in [0.2, 0.25) is 11.8 Å². The number of anilines is 1. The molecule has 3 amide bonds. The Morgan fingerprint density at radius 1 is 1.03 bits per heavy atom. The number of carbonyl (C=O) groups is 3. The molecule has 1 aliphatic rings. The largest absolute Gasteiger partial charge is 0.486 e. The van der Waals surface area contributed by atoms with Gasteiger partial charge in [-0.25, -0.2) is 0 Å². The molecule has 0 aromatic heterocycles. The van der Waals surface area contributed by atoms with Gasteiger partial charge < -0.3 is 25.0 Å². The highest BCUT2D eigenvalue weighted by atomic mass is 16.6. The topological polar surface area (TPSA) is 97.0 Å². The van der Waals surface area contributed by atoms with E-state index in [-0.39, 0.29) is 24.3 Å². The number of amides is 3. The molecule has 2 aromatic carbocycles. The van der Waals surface area contributed by atoms with Crippen LogP contribution in [0.2, 0.25) is 0 Å². The summed E-state index contributed by atoms with van der Waals surface area (Å²) < 4.78 is 11.1. The molecular formula is C22H25N3O5. The zero-order chi connectivity index (χ0) is 21.7. The first kappa shape index (κ1) is 21.2. The fourth-order valence-electron chi connectivity index (χ4n) is 3.10. The Morgan fingerprint density at radius 3 is 2.37 bits per heavy atom. The number of aryl methyl sites for hydroxylation is 1. The van der Waals surface area contributed by atoms with Crippen LogP contribution in [0.1, 0.15) is 24.1 Å². The molecule has 0 fully saturated rings. The van der Waals surface area contributed by atoms with Crippen molar-refractivity contribution in [1.29, 1.82) is 0 Å². The van der Waals surface area contributed by atoms with Gasteiger partial charge in [-0.1, -0.05) is 29.8 Å². The van der Waals surface area contributed by atoms with Gasteiger partial charge in [-0.15, -0.1) is 0 Å². The minimum Gasteiger partial charge on any atom is -0.486 e. The van der Waals surface area contributed by atoms with Crippen LogP contribution < -0.4 is 20.1 Å². The van der Waals surface area contributed by atoms with Gasteiger partial charge in [0.15, 0.2) is 11.5 Å². The summed E-state index contributed by atoms with van der Waals surface area (Å²) in [4.78, 5) is 38.2. The van der Waals surface area contributed by atoms with Gasteiger partial charge in [-0.05, 0) is 24.6 Å². The minimum atomic E-state index is -0.875. The molecule has 1 atom stereocenters. The number of likely N-dealkylation sites (N-methyl/N-ethyl adjacent to an activating group) is 1. The molecule has 2 aromatic rings. The monoisotopic (exact) mass is 411 g/mol. The van der Waals surface area contributed by atoms with E-state index in [9.17, 15) is 14.4 Å². The number of hydrogen-bond donors (Lipinski definition) is 2. The van der Waals surface area contributed by atoms with Crippen molar-refractivity contribution < 1.29 is 23.9 Å². The van der Waals surface area contributed by atoms with E-state index >= 15 is 0 Å². The van der Waals surface area contributed by atoms with E-state index in [0.29, 0.717) is 36.0 Å². The summed E-state index contributed by atoms with van der Waals surface area (Å²) in [5, 5.41) is 5.32. The van der Waals surface area contributed by atoms with E-state index in [0.717, 1.165) is 5.56 Å². The van der Waals surface area contributed by atoms with Crippen molar-refractivity contribution in [2.45, 2.75) is 19.9 Å². The smallest absolute Gasteiger partial charge is 0.251 e. The number of ether oxygens (including phenoxy) is 2. The molecule has 1 aliphatic heterocycles. The molecule has 0 radical (unpaired) electrons. The van der Waals surface area contributed by atoms with Crippen LogP contribution in [0.15, 0.2) is 42.5 Å². The van der Waals surface area contributed by atoms with E-state index in [1.165, 1.54) is 18.9 Å². The molecule has 2 N–H and O–H groups in total. The second-order valence-electron chi connectivity index (χ2n) is 7.08. The van der Waals surface area contributed by atoms with E-state index in [1.54, 1.807) is 18.2 Å². The van der Waals surface area contributed by atoms with Crippen molar-refractivity contribution in [3.63, 3.8) is 0 Å². The number of rotatable bonds is 6. The molecule has 0 unspecified atom stereocenters. The lowest BCUT2D eigenvalue weighted by atomic mass is 10.0. The number of fused-ring (bicyclic) bond motifs is 1. The van der Waals surface area contributed by atoms with E-state index in [2.05, 4.69) is 10.6 Å². The predicted octanol–water partition coefficient (Wildman–Crippen LogP) is 2.04. The first-order chi connectivity index (χ1) is 14.3. The lowest BCUT2D eigenvalue weighted by Crippen LogP contribution is -2.43. The fourth-order valence-corrected chi connectivity index (χ4v) is 3.10. The molecule has 0 bridgehead atoms.